The minimum Gasteiger partial charge on any atom is -0.488 e. The highest BCUT2D eigenvalue weighted by Crippen LogP contribution is 2.26. The highest BCUT2D eigenvalue weighted by molar-refractivity contribution is 6.00. The van der Waals surface area contributed by atoms with Crippen LogP contribution in [0.2, 0.25) is 0 Å². The fourth-order valence-electron chi connectivity index (χ4n) is 3.68. The van der Waals surface area contributed by atoms with E-state index in [-0.39, 0.29) is 31.1 Å². The first-order valence-corrected chi connectivity index (χ1v) is 10.6. The number of amides is 2. The summed E-state index contributed by atoms with van der Waals surface area (Å²) in [5.74, 6) is 1.20. The summed E-state index contributed by atoms with van der Waals surface area (Å²) in [6.07, 6.45) is 5.36. The van der Waals surface area contributed by atoms with Crippen LogP contribution in [0, 0.1) is 0 Å². The van der Waals surface area contributed by atoms with Crippen molar-refractivity contribution in [2.24, 2.45) is 0 Å². The molecule has 0 bridgehead atoms. The number of fused-ring (bicyclic) bond motifs is 2. The number of carbonyl (C=O) groups is 2. The Kier molecular flexibility index (Phi) is 6.36. The zero-order valence-electron chi connectivity index (χ0n) is 17.5. The lowest BCUT2D eigenvalue weighted by Crippen LogP contribution is -2.45. The number of carbonyl (C=O) groups excluding carboxylic acids is 2. The first-order chi connectivity index (χ1) is 15.1. The molecule has 2 aliphatic rings. The molecule has 0 aromatic heterocycles. The van der Waals surface area contributed by atoms with Gasteiger partial charge in [0.2, 0.25) is 0 Å². The fourth-order valence-corrected chi connectivity index (χ4v) is 3.68. The van der Waals surface area contributed by atoms with E-state index >= 15 is 0 Å². The molecule has 6 heteroatoms. The maximum absolute atomic E-state index is 12.8. The van der Waals surface area contributed by atoms with E-state index in [0.717, 1.165) is 35.5 Å². The Morgan fingerprint density at radius 3 is 2.00 bits per heavy atom. The Morgan fingerprint density at radius 1 is 0.871 bits per heavy atom. The van der Waals surface area contributed by atoms with Gasteiger partial charge in [-0.2, -0.15) is 0 Å². The van der Waals surface area contributed by atoms with Gasteiger partial charge in [-0.25, -0.2) is 0 Å². The Bertz CT molecular complexity index is 1040. The second-order valence-electron chi connectivity index (χ2n) is 7.66. The average Bonchev–Trinajstić information content (AvgIpc) is 2.81. The molecule has 2 aromatic rings. The van der Waals surface area contributed by atoms with Gasteiger partial charge in [0, 0.05) is 23.7 Å². The highest BCUT2D eigenvalue weighted by atomic mass is 16.5. The predicted octanol–water partition coefficient (Wildman–Crippen LogP) is 3.34. The van der Waals surface area contributed by atoms with Gasteiger partial charge in [-0.1, -0.05) is 49.7 Å². The molecule has 2 aliphatic heterocycles. The molecule has 2 aromatic carbocycles. The molecule has 2 amide bonds. The van der Waals surface area contributed by atoms with E-state index in [1.54, 1.807) is 0 Å². The fraction of sp³-hybridized carbons (Fsp3) is 0.280. The van der Waals surface area contributed by atoms with Gasteiger partial charge in [0.25, 0.3) is 11.8 Å². The molecular formula is C25H26N2O4. The van der Waals surface area contributed by atoms with Crippen molar-refractivity contribution in [1.29, 1.82) is 0 Å². The topological polar surface area (TPSA) is 76.7 Å². The number of hydrogen-bond acceptors (Lipinski definition) is 4. The Labute approximate surface area is 181 Å². The number of hydrogen-bond donors (Lipinski definition) is 2. The largest absolute Gasteiger partial charge is 0.488 e. The Balaban J connectivity index is 1.36. The van der Waals surface area contributed by atoms with Crippen molar-refractivity contribution < 1.29 is 19.1 Å². The highest BCUT2D eigenvalue weighted by Gasteiger charge is 2.21. The van der Waals surface area contributed by atoms with Crippen LogP contribution in [0.3, 0.4) is 0 Å². The van der Waals surface area contributed by atoms with Gasteiger partial charge in [0.15, 0.2) is 0 Å². The van der Waals surface area contributed by atoms with Gasteiger partial charge in [-0.15, -0.1) is 0 Å². The molecule has 0 saturated carbocycles. The SMILES string of the molecule is CCCC(CNC(=O)C1=Cc2ccccc2OC1)NC(=O)C1=Cc2ccccc2OC1. The first-order valence-electron chi connectivity index (χ1n) is 10.6. The third kappa shape index (κ3) is 4.97. The Morgan fingerprint density at radius 2 is 1.42 bits per heavy atom. The van der Waals surface area contributed by atoms with E-state index in [9.17, 15) is 9.59 Å². The lowest BCUT2D eigenvalue weighted by Gasteiger charge is -2.23. The van der Waals surface area contributed by atoms with Crippen LogP contribution < -0.4 is 20.1 Å². The van der Waals surface area contributed by atoms with Crippen LogP contribution in [0.15, 0.2) is 59.7 Å². The van der Waals surface area contributed by atoms with Crippen molar-refractivity contribution in [3.05, 3.63) is 70.8 Å². The van der Waals surface area contributed by atoms with Crippen LogP contribution in [-0.2, 0) is 9.59 Å². The summed E-state index contributed by atoms with van der Waals surface area (Å²) >= 11 is 0. The van der Waals surface area contributed by atoms with Gasteiger partial charge in [0.05, 0.1) is 11.1 Å². The summed E-state index contributed by atoms with van der Waals surface area (Å²) in [7, 11) is 0. The second-order valence-corrected chi connectivity index (χ2v) is 7.66. The molecule has 0 saturated heterocycles. The number of rotatable bonds is 7. The van der Waals surface area contributed by atoms with Crippen molar-refractivity contribution in [1.82, 2.24) is 10.6 Å². The van der Waals surface area contributed by atoms with Crippen LogP contribution in [0.25, 0.3) is 12.2 Å². The Hall–Kier alpha value is -3.54. The summed E-state index contributed by atoms with van der Waals surface area (Å²) in [6, 6.07) is 15.1. The van der Waals surface area contributed by atoms with Crippen molar-refractivity contribution >= 4 is 24.0 Å². The smallest absolute Gasteiger partial charge is 0.250 e. The van der Waals surface area contributed by atoms with Crippen LogP contribution in [0.4, 0.5) is 0 Å². The van der Waals surface area contributed by atoms with Crippen LogP contribution in [0.5, 0.6) is 11.5 Å². The molecule has 0 aliphatic carbocycles. The first kappa shape index (κ1) is 20.7. The van der Waals surface area contributed by atoms with E-state index in [0.29, 0.717) is 17.7 Å². The third-order valence-electron chi connectivity index (χ3n) is 5.33. The lowest BCUT2D eigenvalue weighted by molar-refractivity contribution is -0.120. The van der Waals surface area contributed by atoms with Gasteiger partial charge in [-0.05, 0) is 30.7 Å². The third-order valence-corrected chi connectivity index (χ3v) is 5.33. The summed E-state index contributed by atoms with van der Waals surface area (Å²) in [5.41, 5.74) is 2.93. The quantitative estimate of drug-likeness (QED) is 0.723. The molecule has 160 valence electrons. The summed E-state index contributed by atoms with van der Waals surface area (Å²) in [6.45, 7) is 2.87. The molecule has 31 heavy (non-hydrogen) atoms. The second kappa shape index (κ2) is 9.51. The van der Waals surface area contributed by atoms with Crippen molar-refractivity contribution in [2.75, 3.05) is 19.8 Å². The molecule has 1 atom stereocenters. The zero-order valence-corrected chi connectivity index (χ0v) is 17.5. The summed E-state index contributed by atoms with van der Waals surface area (Å²) in [5, 5.41) is 5.98. The van der Waals surface area contributed by atoms with E-state index in [2.05, 4.69) is 17.6 Å². The van der Waals surface area contributed by atoms with Crippen molar-refractivity contribution in [3.63, 3.8) is 0 Å². The van der Waals surface area contributed by atoms with Crippen LogP contribution in [-0.4, -0.2) is 37.6 Å². The number of benzene rings is 2. The van der Waals surface area contributed by atoms with E-state index in [4.69, 9.17) is 9.47 Å². The minimum absolute atomic E-state index is 0.170. The van der Waals surface area contributed by atoms with Gasteiger partial charge >= 0.3 is 0 Å². The molecule has 2 heterocycles. The predicted molar refractivity (Wildman–Crippen MR) is 120 cm³/mol. The summed E-state index contributed by atoms with van der Waals surface area (Å²) in [4.78, 5) is 25.4. The zero-order chi connectivity index (χ0) is 21.6. The molecule has 2 N–H and O–H groups in total. The number of para-hydroxylation sites is 2. The molecule has 1 unspecified atom stereocenters. The standard InChI is InChI=1S/C25H26N2O4/c1-2-7-21(27-25(29)20-13-18-9-4-6-11-23(18)31-16-20)14-26-24(28)19-12-17-8-3-5-10-22(17)30-15-19/h3-6,8-13,21H,2,7,14-16H2,1H3,(H,26,28)(H,27,29). The van der Waals surface area contributed by atoms with Gasteiger partial charge < -0.3 is 20.1 Å². The number of nitrogens with one attached hydrogen (secondary N) is 2. The lowest BCUT2D eigenvalue weighted by atomic mass is 10.1. The normalized spacial score (nSPS) is 15.1. The van der Waals surface area contributed by atoms with Crippen LogP contribution in [0.1, 0.15) is 30.9 Å². The minimum atomic E-state index is -0.181. The summed E-state index contributed by atoms with van der Waals surface area (Å²) < 4.78 is 11.3. The van der Waals surface area contributed by atoms with Crippen molar-refractivity contribution in [2.45, 2.75) is 25.8 Å². The average molecular weight is 418 g/mol. The van der Waals surface area contributed by atoms with Crippen LogP contribution >= 0.6 is 0 Å². The van der Waals surface area contributed by atoms with Crippen molar-refractivity contribution in [3.8, 4) is 11.5 Å². The van der Waals surface area contributed by atoms with E-state index in [1.165, 1.54) is 0 Å². The van der Waals surface area contributed by atoms with E-state index < -0.39 is 0 Å². The maximum Gasteiger partial charge on any atom is 0.250 e. The molecular weight excluding hydrogens is 392 g/mol. The van der Waals surface area contributed by atoms with Gasteiger partial charge in [0.1, 0.15) is 24.7 Å². The monoisotopic (exact) mass is 418 g/mol. The molecule has 0 spiro atoms. The van der Waals surface area contributed by atoms with E-state index in [1.807, 2.05) is 60.7 Å². The number of ether oxygens (including phenoxy) is 2. The molecule has 6 nitrogen and oxygen atoms in total. The maximum atomic E-state index is 12.8. The molecule has 0 radical (unpaired) electrons. The molecule has 0 fully saturated rings. The van der Waals surface area contributed by atoms with Gasteiger partial charge in [-0.3, -0.25) is 9.59 Å². The molecule has 4 rings (SSSR count).